The molecule has 0 saturated carbocycles. The molecule has 0 atom stereocenters. The molecule has 11 aromatic carbocycles. The van der Waals surface area contributed by atoms with Crippen molar-refractivity contribution in [2.24, 2.45) is 0 Å². The number of thiophene rings is 2. The highest BCUT2D eigenvalue weighted by Crippen LogP contribution is 2.46. The molecule has 0 radical (unpaired) electrons. The average molecular weight is 769 g/mol. The Hall–Kier alpha value is -6.84. The van der Waals surface area contributed by atoms with Gasteiger partial charge < -0.3 is 0 Å². The lowest BCUT2D eigenvalue weighted by Gasteiger charge is -2.18. The smallest absolute Gasteiger partial charge is 0.0361 e. The van der Waals surface area contributed by atoms with Gasteiger partial charge in [-0.3, -0.25) is 0 Å². The monoisotopic (exact) mass is 768 g/mol. The van der Waals surface area contributed by atoms with Crippen LogP contribution >= 0.6 is 22.7 Å². The summed E-state index contributed by atoms with van der Waals surface area (Å²) in [6.07, 6.45) is 0. The van der Waals surface area contributed by atoms with Crippen LogP contribution in [-0.4, -0.2) is 0 Å². The SMILES string of the molecule is c1ccc2cc(-c3c4ccccc4c(-c4ccc5cc(-c6ccc7sc8cc9ccc%10sc%11ccccc%11c%10c9cc8c7c6)ccc5c4)c4ccccc34)ccc2c1. The van der Waals surface area contributed by atoms with E-state index in [2.05, 4.69) is 194 Å². The van der Waals surface area contributed by atoms with Gasteiger partial charge in [0.25, 0.3) is 0 Å². The minimum Gasteiger partial charge on any atom is -0.135 e. The first-order chi connectivity index (χ1) is 28.7. The van der Waals surface area contributed by atoms with Crippen molar-refractivity contribution in [2.75, 3.05) is 0 Å². The maximum atomic E-state index is 2.46. The lowest BCUT2D eigenvalue weighted by atomic mass is 9.85. The fourth-order valence-electron chi connectivity index (χ4n) is 9.67. The van der Waals surface area contributed by atoms with E-state index < -0.39 is 0 Å². The standard InChI is InChI=1S/C56H32S2/c1-2-10-34-28-40(21-17-33(34)9-1)54-42-11-3-5-13-44(42)55(45-14-6-4-12-43(45)54)41-22-20-35-27-36(18-19-37(35)29-41)38-23-25-51-48(30-38)49-32-47-39(31-53(49)58-51)24-26-52-56(47)46-15-7-8-16-50(46)57-52/h1-32H. The van der Waals surface area contributed by atoms with Crippen molar-refractivity contribution in [3.8, 4) is 33.4 Å². The highest BCUT2D eigenvalue weighted by molar-refractivity contribution is 7.26. The van der Waals surface area contributed by atoms with Gasteiger partial charge in [-0.05, 0) is 142 Å². The van der Waals surface area contributed by atoms with Crippen molar-refractivity contribution in [1.29, 1.82) is 0 Å². The molecule has 2 aromatic heterocycles. The molecule has 58 heavy (non-hydrogen) atoms. The van der Waals surface area contributed by atoms with E-state index in [-0.39, 0.29) is 0 Å². The van der Waals surface area contributed by atoms with Gasteiger partial charge in [0.2, 0.25) is 0 Å². The van der Waals surface area contributed by atoms with E-state index in [1.807, 2.05) is 22.7 Å². The third kappa shape index (κ3) is 4.80. The molecule has 0 amide bonds. The van der Waals surface area contributed by atoms with Gasteiger partial charge in [0, 0.05) is 40.3 Å². The van der Waals surface area contributed by atoms with E-state index in [0.717, 1.165) is 0 Å². The predicted octanol–water partition coefficient (Wildman–Crippen LogP) is 17.2. The molecule has 0 spiro atoms. The second-order valence-corrected chi connectivity index (χ2v) is 17.8. The van der Waals surface area contributed by atoms with E-state index in [4.69, 9.17) is 0 Å². The van der Waals surface area contributed by atoms with Crippen molar-refractivity contribution >= 4 is 117 Å². The Morgan fingerprint density at radius 3 is 1.38 bits per heavy atom. The molecule has 0 bridgehead atoms. The normalized spacial score (nSPS) is 12.1. The molecule has 13 aromatic rings. The Bertz CT molecular complexity index is 3800. The summed E-state index contributed by atoms with van der Waals surface area (Å²) in [5.74, 6) is 0. The number of benzene rings is 11. The zero-order valence-corrected chi connectivity index (χ0v) is 32.9. The summed E-state index contributed by atoms with van der Waals surface area (Å²) in [5.41, 5.74) is 7.56. The zero-order valence-electron chi connectivity index (χ0n) is 31.3. The maximum absolute atomic E-state index is 2.46. The molecule has 0 aliphatic carbocycles. The fourth-order valence-corrected chi connectivity index (χ4v) is 11.9. The van der Waals surface area contributed by atoms with Gasteiger partial charge in [0.1, 0.15) is 0 Å². The molecule has 2 heteroatoms. The van der Waals surface area contributed by atoms with Crippen molar-refractivity contribution < 1.29 is 0 Å². The molecule has 268 valence electrons. The van der Waals surface area contributed by atoms with Crippen LogP contribution in [0.2, 0.25) is 0 Å². The minimum absolute atomic E-state index is 1.24. The van der Waals surface area contributed by atoms with Crippen LogP contribution in [0.25, 0.3) is 128 Å². The van der Waals surface area contributed by atoms with Crippen LogP contribution in [0.1, 0.15) is 0 Å². The Morgan fingerprint density at radius 1 is 0.224 bits per heavy atom. The van der Waals surface area contributed by atoms with Crippen molar-refractivity contribution in [3.05, 3.63) is 194 Å². The minimum atomic E-state index is 1.24. The topological polar surface area (TPSA) is 0 Å². The van der Waals surface area contributed by atoms with Crippen LogP contribution in [0.5, 0.6) is 0 Å². The van der Waals surface area contributed by atoms with Gasteiger partial charge in [0.15, 0.2) is 0 Å². The zero-order chi connectivity index (χ0) is 37.9. The maximum Gasteiger partial charge on any atom is 0.0361 e. The predicted molar refractivity (Wildman–Crippen MR) is 256 cm³/mol. The molecule has 0 aliphatic rings. The third-order valence-electron chi connectivity index (χ3n) is 12.4. The van der Waals surface area contributed by atoms with E-state index in [9.17, 15) is 0 Å². The number of fused-ring (bicyclic) bond motifs is 12. The summed E-state index contributed by atoms with van der Waals surface area (Å²) < 4.78 is 5.38. The second-order valence-electron chi connectivity index (χ2n) is 15.6. The molecule has 0 nitrogen and oxygen atoms in total. The summed E-state index contributed by atoms with van der Waals surface area (Å²) in [5, 5.41) is 18.2. The summed E-state index contributed by atoms with van der Waals surface area (Å²) in [4.78, 5) is 0. The quantitative estimate of drug-likeness (QED) is 0.157. The first-order valence-electron chi connectivity index (χ1n) is 19.9. The van der Waals surface area contributed by atoms with Crippen molar-refractivity contribution in [1.82, 2.24) is 0 Å². The van der Waals surface area contributed by atoms with Gasteiger partial charge in [-0.25, -0.2) is 0 Å². The summed E-state index contributed by atoms with van der Waals surface area (Å²) in [6, 6.07) is 72.8. The highest BCUT2D eigenvalue weighted by Gasteiger charge is 2.18. The molecular formula is C56H32S2. The molecular weight excluding hydrogens is 737 g/mol. The molecule has 2 heterocycles. The van der Waals surface area contributed by atoms with Gasteiger partial charge >= 0.3 is 0 Å². The van der Waals surface area contributed by atoms with Crippen LogP contribution in [0, 0.1) is 0 Å². The molecule has 0 unspecified atom stereocenters. The largest absolute Gasteiger partial charge is 0.135 e. The second kappa shape index (κ2) is 12.3. The van der Waals surface area contributed by atoms with E-state index in [1.165, 1.54) is 128 Å². The van der Waals surface area contributed by atoms with Crippen LogP contribution in [0.3, 0.4) is 0 Å². The average Bonchev–Trinajstić information content (AvgIpc) is 3.84. The first-order valence-corrected chi connectivity index (χ1v) is 21.5. The van der Waals surface area contributed by atoms with E-state index in [0.29, 0.717) is 0 Å². The molecule has 0 aliphatic heterocycles. The number of hydrogen-bond donors (Lipinski definition) is 0. The van der Waals surface area contributed by atoms with Crippen LogP contribution in [-0.2, 0) is 0 Å². The van der Waals surface area contributed by atoms with Crippen molar-refractivity contribution in [2.45, 2.75) is 0 Å². The molecule has 0 fully saturated rings. The molecule has 0 N–H and O–H groups in total. The summed E-state index contributed by atoms with van der Waals surface area (Å²) in [7, 11) is 0. The van der Waals surface area contributed by atoms with Crippen LogP contribution in [0.15, 0.2) is 194 Å². The number of hydrogen-bond acceptors (Lipinski definition) is 2. The summed E-state index contributed by atoms with van der Waals surface area (Å²) >= 11 is 3.79. The van der Waals surface area contributed by atoms with Crippen LogP contribution < -0.4 is 0 Å². The van der Waals surface area contributed by atoms with E-state index in [1.54, 1.807) is 0 Å². The Balaban J connectivity index is 0.939. The lowest BCUT2D eigenvalue weighted by Crippen LogP contribution is -1.91. The summed E-state index contributed by atoms with van der Waals surface area (Å²) in [6.45, 7) is 0. The van der Waals surface area contributed by atoms with Gasteiger partial charge in [-0.15, -0.1) is 22.7 Å². The number of rotatable bonds is 3. The molecule has 0 saturated heterocycles. The van der Waals surface area contributed by atoms with Gasteiger partial charge in [-0.2, -0.15) is 0 Å². The van der Waals surface area contributed by atoms with Crippen molar-refractivity contribution in [3.63, 3.8) is 0 Å². The van der Waals surface area contributed by atoms with E-state index >= 15 is 0 Å². The Morgan fingerprint density at radius 2 is 0.672 bits per heavy atom. The lowest BCUT2D eigenvalue weighted by molar-refractivity contribution is 1.67. The Kier molecular flexibility index (Phi) is 6.86. The Labute approximate surface area is 342 Å². The fraction of sp³-hybridized carbons (Fsp3) is 0. The van der Waals surface area contributed by atoms with Gasteiger partial charge in [-0.1, -0.05) is 140 Å². The van der Waals surface area contributed by atoms with Crippen LogP contribution in [0.4, 0.5) is 0 Å². The highest BCUT2D eigenvalue weighted by atomic mass is 32.1. The molecule has 13 rings (SSSR count). The first kappa shape index (κ1) is 32.3. The van der Waals surface area contributed by atoms with Gasteiger partial charge in [0.05, 0.1) is 0 Å². The third-order valence-corrected chi connectivity index (χ3v) is 14.6.